The molecule has 0 aliphatic rings. The monoisotopic (exact) mass is 311 g/mol. The van der Waals surface area contributed by atoms with E-state index in [0.717, 1.165) is 16.9 Å². The molecule has 0 saturated carbocycles. The third kappa shape index (κ3) is 3.52. The summed E-state index contributed by atoms with van der Waals surface area (Å²) in [5.74, 6) is 0.557. The first-order chi connectivity index (χ1) is 11.1. The predicted molar refractivity (Wildman–Crippen MR) is 88.3 cm³/mol. The Kier molecular flexibility index (Phi) is 4.32. The maximum Gasteiger partial charge on any atom is 0.136 e. The lowest BCUT2D eigenvalue weighted by Crippen LogP contribution is -2.34. The lowest BCUT2D eigenvalue weighted by Gasteiger charge is -2.21. The van der Waals surface area contributed by atoms with Gasteiger partial charge in [-0.3, -0.25) is 0 Å². The smallest absolute Gasteiger partial charge is 0.136 e. The van der Waals surface area contributed by atoms with Crippen molar-refractivity contribution in [2.75, 3.05) is 6.54 Å². The third-order valence-electron chi connectivity index (χ3n) is 3.86. The van der Waals surface area contributed by atoms with Crippen LogP contribution in [0.1, 0.15) is 23.9 Å². The molecular formula is C18H21N3O2. The predicted octanol–water partition coefficient (Wildman–Crippen LogP) is 2.77. The average Bonchev–Trinajstić information content (AvgIpc) is 3.19. The Morgan fingerprint density at radius 2 is 2.00 bits per heavy atom. The Morgan fingerprint density at radius 1 is 1.22 bits per heavy atom. The first-order valence-electron chi connectivity index (χ1n) is 7.64. The maximum absolute atomic E-state index is 10.4. The number of hydrogen-bond donors (Lipinski definition) is 2. The van der Waals surface area contributed by atoms with E-state index < -0.39 is 5.60 Å². The second-order valence-electron chi connectivity index (χ2n) is 5.87. The van der Waals surface area contributed by atoms with E-state index in [1.807, 2.05) is 48.1 Å². The Bertz CT molecular complexity index is 746. The number of aromatic nitrogens is 2. The van der Waals surface area contributed by atoms with E-state index in [0.29, 0.717) is 18.8 Å². The van der Waals surface area contributed by atoms with E-state index in [1.54, 1.807) is 25.3 Å². The van der Waals surface area contributed by atoms with Crippen LogP contribution in [-0.2, 0) is 12.1 Å². The Labute approximate surface area is 135 Å². The Balaban J connectivity index is 1.64. The normalized spacial score (nSPS) is 13.9. The number of furan rings is 1. The Morgan fingerprint density at radius 3 is 2.70 bits per heavy atom. The van der Waals surface area contributed by atoms with Crippen LogP contribution in [0.15, 0.2) is 59.3 Å². The van der Waals surface area contributed by atoms with Crippen molar-refractivity contribution in [3.63, 3.8) is 0 Å². The van der Waals surface area contributed by atoms with Crippen molar-refractivity contribution in [2.24, 2.45) is 0 Å². The molecule has 120 valence electrons. The molecule has 3 rings (SSSR count). The molecule has 0 fully saturated rings. The summed E-state index contributed by atoms with van der Waals surface area (Å²) in [5.41, 5.74) is 2.07. The van der Waals surface area contributed by atoms with Crippen molar-refractivity contribution < 1.29 is 9.52 Å². The molecule has 5 nitrogen and oxygen atoms in total. The topological polar surface area (TPSA) is 63.2 Å². The molecule has 0 spiro atoms. The minimum absolute atomic E-state index is 0.399. The number of aryl methyl sites for hydroxylation is 1. The van der Waals surface area contributed by atoms with Crippen LogP contribution < -0.4 is 5.32 Å². The van der Waals surface area contributed by atoms with Crippen molar-refractivity contribution in [1.29, 1.82) is 0 Å². The highest BCUT2D eigenvalue weighted by Gasteiger charge is 2.25. The number of nitrogens with one attached hydrogen (secondary N) is 1. The summed E-state index contributed by atoms with van der Waals surface area (Å²) in [5, 5.41) is 18.2. The van der Waals surface area contributed by atoms with E-state index in [9.17, 15) is 5.11 Å². The summed E-state index contributed by atoms with van der Waals surface area (Å²) in [6, 6.07) is 13.6. The van der Waals surface area contributed by atoms with Gasteiger partial charge in [-0.15, -0.1) is 0 Å². The van der Waals surface area contributed by atoms with Gasteiger partial charge in [0.05, 0.1) is 17.6 Å². The lowest BCUT2D eigenvalue weighted by atomic mass is 10.0. The van der Waals surface area contributed by atoms with Crippen LogP contribution in [-0.4, -0.2) is 21.4 Å². The molecular weight excluding hydrogens is 290 g/mol. The largest absolute Gasteiger partial charge is 0.466 e. The quantitative estimate of drug-likeness (QED) is 0.735. The zero-order valence-electron chi connectivity index (χ0n) is 13.4. The summed E-state index contributed by atoms with van der Waals surface area (Å²) in [7, 11) is 0. The van der Waals surface area contributed by atoms with Gasteiger partial charge in [0, 0.05) is 24.8 Å². The van der Waals surface area contributed by atoms with E-state index in [-0.39, 0.29) is 0 Å². The summed E-state index contributed by atoms with van der Waals surface area (Å²) in [4.78, 5) is 0. The molecule has 2 N–H and O–H groups in total. The summed E-state index contributed by atoms with van der Waals surface area (Å²) < 4.78 is 7.15. The fourth-order valence-electron chi connectivity index (χ4n) is 2.49. The number of benzene rings is 1. The zero-order chi connectivity index (χ0) is 16.3. The molecule has 3 aromatic rings. The highest BCUT2D eigenvalue weighted by molar-refractivity contribution is 5.32. The number of aliphatic hydroxyl groups is 1. The number of para-hydroxylation sites is 1. The SMILES string of the molecule is Cc1nn(-c2ccccc2)cc1CNCC(C)(O)c1ccco1. The van der Waals surface area contributed by atoms with Crippen molar-refractivity contribution in [2.45, 2.75) is 26.0 Å². The molecule has 5 heteroatoms. The molecule has 1 aromatic carbocycles. The summed E-state index contributed by atoms with van der Waals surface area (Å²) in [6.07, 6.45) is 3.58. The highest BCUT2D eigenvalue weighted by atomic mass is 16.4. The molecule has 0 bridgehead atoms. The van der Waals surface area contributed by atoms with Gasteiger partial charge >= 0.3 is 0 Å². The first kappa shape index (κ1) is 15.5. The molecule has 1 unspecified atom stereocenters. The molecule has 23 heavy (non-hydrogen) atoms. The van der Waals surface area contributed by atoms with Gasteiger partial charge in [-0.25, -0.2) is 4.68 Å². The third-order valence-corrected chi connectivity index (χ3v) is 3.86. The number of nitrogens with zero attached hydrogens (tertiary/aromatic N) is 2. The van der Waals surface area contributed by atoms with Gasteiger partial charge in [-0.1, -0.05) is 18.2 Å². The molecule has 0 aliphatic carbocycles. The zero-order valence-corrected chi connectivity index (χ0v) is 13.4. The molecule has 2 aromatic heterocycles. The van der Waals surface area contributed by atoms with Gasteiger partial charge in [-0.05, 0) is 38.1 Å². The molecule has 0 amide bonds. The average molecular weight is 311 g/mol. The summed E-state index contributed by atoms with van der Waals surface area (Å²) >= 11 is 0. The van der Waals surface area contributed by atoms with Crippen molar-refractivity contribution in [1.82, 2.24) is 15.1 Å². The van der Waals surface area contributed by atoms with E-state index in [2.05, 4.69) is 10.4 Å². The van der Waals surface area contributed by atoms with E-state index >= 15 is 0 Å². The first-order valence-corrected chi connectivity index (χ1v) is 7.64. The highest BCUT2D eigenvalue weighted by Crippen LogP contribution is 2.20. The van der Waals surface area contributed by atoms with Crippen LogP contribution in [0.5, 0.6) is 0 Å². The number of rotatable bonds is 6. The van der Waals surface area contributed by atoms with Gasteiger partial charge in [0.15, 0.2) is 0 Å². The van der Waals surface area contributed by atoms with Crippen molar-refractivity contribution in [3.05, 3.63) is 71.9 Å². The molecule has 0 saturated heterocycles. The van der Waals surface area contributed by atoms with Crippen LogP contribution in [0, 0.1) is 6.92 Å². The van der Waals surface area contributed by atoms with Gasteiger partial charge in [-0.2, -0.15) is 5.10 Å². The molecule has 2 heterocycles. The minimum atomic E-state index is -1.03. The molecule has 0 aliphatic heterocycles. The molecule has 0 radical (unpaired) electrons. The van der Waals surface area contributed by atoms with Crippen LogP contribution in [0.25, 0.3) is 5.69 Å². The minimum Gasteiger partial charge on any atom is -0.466 e. The van der Waals surface area contributed by atoms with Crippen LogP contribution in [0.2, 0.25) is 0 Å². The van der Waals surface area contributed by atoms with Gasteiger partial charge < -0.3 is 14.8 Å². The fraction of sp³-hybridized carbons (Fsp3) is 0.278. The van der Waals surface area contributed by atoms with Crippen LogP contribution in [0.3, 0.4) is 0 Å². The maximum atomic E-state index is 10.4. The van der Waals surface area contributed by atoms with Crippen molar-refractivity contribution >= 4 is 0 Å². The van der Waals surface area contributed by atoms with Gasteiger partial charge in [0.1, 0.15) is 11.4 Å². The summed E-state index contributed by atoms with van der Waals surface area (Å²) in [6.45, 7) is 4.76. The number of hydrogen-bond acceptors (Lipinski definition) is 4. The van der Waals surface area contributed by atoms with Gasteiger partial charge in [0.2, 0.25) is 0 Å². The van der Waals surface area contributed by atoms with Crippen LogP contribution >= 0.6 is 0 Å². The fourth-order valence-corrected chi connectivity index (χ4v) is 2.49. The van der Waals surface area contributed by atoms with E-state index in [4.69, 9.17) is 4.42 Å². The van der Waals surface area contributed by atoms with Crippen LogP contribution in [0.4, 0.5) is 0 Å². The lowest BCUT2D eigenvalue weighted by molar-refractivity contribution is 0.0340. The second-order valence-corrected chi connectivity index (χ2v) is 5.87. The second kappa shape index (κ2) is 6.40. The molecule has 1 atom stereocenters. The standard InChI is InChI=1S/C18H21N3O2/c1-14-15(12-21(20-14)16-7-4-3-5-8-16)11-19-13-18(2,22)17-9-6-10-23-17/h3-10,12,19,22H,11,13H2,1-2H3. The van der Waals surface area contributed by atoms with E-state index in [1.165, 1.54) is 0 Å². The van der Waals surface area contributed by atoms with Crippen molar-refractivity contribution in [3.8, 4) is 5.69 Å². The van der Waals surface area contributed by atoms with Gasteiger partial charge in [0.25, 0.3) is 0 Å². The Hall–Kier alpha value is -2.37.